The van der Waals surface area contributed by atoms with Gasteiger partial charge in [0.25, 0.3) is 0 Å². The molecule has 2 fully saturated rings. The maximum atomic E-state index is 9.26. The van der Waals surface area contributed by atoms with Crippen molar-refractivity contribution in [3.63, 3.8) is 0 Å². The van der Waals surface area contributed by atoms with E-state index in [1.165, 1.54) is 12.0 Å². The number of nitriles is 1. The van der Waals surface area contributed by atoms with Crippen LogP contribution in [-0.4, -0.2) is 31.3 Å². The molecule has 1 aromatic carbocycles. The standard InChI is InChI=1S/C19H27N3O/c20-12-15-4-1-2-5-17(15)14-7-9-16(10-8-14)23-13-19-18(21)6-3-11-22-19/h1-2,4-5,14,16,18-19,22H,3,6-11,13,21H2/t14?,16?,18-,19-/m0/s1. The summed E-state index contributed by atoms with van der Waals surface area (Å²) in [5.74, 6) is 0.501. The molecule has 1 saturated carbocycles. The molecule has 2 aliphatic rings. The Morgan fingerprint density at radius 3 is 2.70 bits per heavy atom. The molecule has 4 heteroatoms. The van der Waals surface area contributed by atoms with E-state index in [0.717, 1.165) is 50.8 Å². The molecular weight excluding hydrogens is 286 g/mol. The van der Waals surface area contributed by atoms with Gasteiger partial charge in [-0.15, -0.1) is 0 Å². The molecular formula is C19H27N3O. The third-order valence-electron chi connectivity index (χ3n) is 5.34. The quantitative estimate of drug-likeness (QED) is 0.896. The second kappa shape index (κ2) is 7.92. The van der Waals surface area contributed by atoms with E-state index < -0.39 is 0 Å². The summed E-state index contributed by atoms with van der Waals surface area (Å²) < 4.78 is 6.13. The molecule has 1 aliphatic carbocycles. The SMILES string of the molecule is N#Cc1ccccc1C1CCC(OC[C@@H]2NCCC[C@@H]2N)CC1. The van der Waals surface area contributed by atoms with E-state index in [2.05, 4.69) is 17.5 Å². The number of nitrogens with one attached hydrogen (secondary N) is 1. The molecule has 4 nitrogen and oxygen atoms in total. The lowest BCUT2D eigenvalue weighted by Crippen LogP contribution is -2.52. The van der Waals surface area contributed by atoms with E-state index in [9.17, 15) is 5.26 Å². The summed E-state index contributed by atoms with van der Waals surface area (Å²) in [7, 11) is 0. The average molecular weight is 313 g/mol. The molecule has 0 bridgehead atoms. The summed E-state index contributed by atoms with van der Waals surface area (Å²) in [6.45, 7) is 1.78. The van der Waals surface area contributed by atoms with Crippen molar-refractivity contribution in [1.29, 1.82) is 5.26 Å². The molecule has 3 rings (SSSR count). The molecule has 3 N–H and O–H groups in total. The molecule has 1 aromatic rings. The highest BCUT2D eigenvalue weighted by molar-refractivity contribution is 5.39. The Hall–Kier alpha value is -1.41. The van der Waals surface area contributed by atoms with Gasteiger partial charge in [-0.25, -0.2) is 0 Å². The molecule has 1 heterocycles. The molecule has 23 heavy (non-hydrogen) atoms. The van der Waals surface area contributed by atoms with Crippen molar-refractivity contribution >= 4 is 0 Å². The third kappa shape index (κ3) is 4.11. The zero-order chi connectivity index (χ0) is 16.1. The van der Waals surface area contributed by atoms with E-state index in [-0.39, 0.29) is 6.04 Å². The van der Waals surface area contributed by atoms with Gasteiger partial charge in [0, 0.05) is 12.1 Å². The Morgan fingerprint density at radius 1 is 1.17 bits per heavy atom. The number of nitrogens with two attached hydrogens (primary N) is 1. The molecule has 0 radical (unpaired) electrons. The first kappa shape index (κ1) is 16.4. The molecule has 124 valence electrons. The van der Waals surface area contributed by atoms with E-state index in [4.69, 9.17) is 10.5 Å². The molecule has 0 aromatic heterocycles. The van der Waals surface area contributed by atoms with Crippen LogP contribution < -0.4 is 11.1 Å². The first-order chi connectivity index (χ1) is 11.3. The minimum absolute atomic E-state index is 0.225. The van der Waals surface area contributed by atoms with Crippen LogP contribution >= 0.6 is 0 Å². The van der Waals surface area contributed by atoms with Crippen LogP contribution in [0, 0.1) is 11.3 Å². The number of piperidine rings is 1. The molecule has 0 unspecified atom stereocenters. The first-order valence-corrected chi connectivity index (χ1v) is 8.87. The van der Waals surface area contributed by atoms with Crippen molar-refractivity contribution in [3.8, 4) is 6.07 Å². The van der Waals surface area contributed by atoms with Crippen molar-refractivity contribution in [2.45, 2.75) is 62.6 Å². The lowest BCUT2D eigenvalue weighted by molar-refractivity contribution is 0.00618. The van der Waals surface area contributed by atoms with Crippen LogP contribution in [0.15, 0.2) is 24.3 Å². The maximum Gasteiger partial charge on any atom is 0.0994 e. The number of hydrogen-bond donors (Lipinski definition) is 2. The summed E-state index contributed by atoms with van der Waals surface area (Å²) in [5, 5.41) is 12.7. The van der Waals surface area contributed by atoms with Crippen molar-refractivity contribution in [2.75, 3.05) is 13.2 Å². The maximum absolute atomic E-state index is 9.26. The average Bonchev–Trinajstić information content (AvgIpc) is 2.61. The zero-order valence-corrected chi connectivity index (χ0v) is 13.7. The molecule has 1 saturated heterocycles. The van der Waals surface area contributed by atoms with Crippen LogP contribution in [-0.2, 0) is 4.74 Å². The Labute approximate surface area is 139 Å². The highest BCUT2D eigenvalue weighted by atomic mass is 16.5. The highest BCUT2D eigenvalue weighted by Gasteiger charge is 2.27. The predicted octanol–water partition coefficient (Wildman–Crippen LogP) is 2.68. The number of rotatable bonds is 4. The van der Waals surface area contributed by atoms with Gasteiger partial charge in [0.05, 0.1) is 24.3 Å². The number of nitrogens with zero attached hydrogens (tertiary/aromatic N) is 1. The van der Waals surface area contributed by atoms with Gasteiger partial charge in [-0.2, -0.15) is 5.26 Å². The molecule has 2 atom stereocenters. The Balaban J connectivity index is 1.48. The number of ether oxygens (including phenoxy) is 1. The Bertz CT molecular complexity index is 546. The molecule has 0 spiro atoms. The third-order valence-corrected chi connectivity index (χ3v) is 5.34. The van der Waals surface area contributed by atoms with Crippen molar-refractivity contribution in [3.05, 3.63) is 35.4 Å². The second-order valence-electron chi connectivity index (χ2n) is 6.87. The topological polar surface area (TPSA) is 71.1 Å². The second-order valence-corrected chi connectivity index (χ2v) is 6.87. The fourth-order valence-corrected chi connectivity index (χ4v) is 3.90. The van der Waals surface area contributed by atoms with Gasteiger partial charge in [-0.1, -0.05) is 18.2 Å². The highest BCUT2D eigenvalue weighted by Crippen LogP contribution is 2.35. The van der Waals surface area contributed by atoms with Gasteiger partial charge in [-0.05, 0) is 62.6 Å². The smallest absolute Gasteiger partial charge is 0.0994 e. The summed E-state index contributed by atoms with van der Waals surface area (Å²) in [6, 6.07) is 10.9. The fraction of sp³-hybridized carbons (Fsp3) is 0.632. The lowest BCUT2D eigenvalue weighted by atomic mass is 9.81. The minimum atomic E-state index is 0.225. The molecule has 1 aliphatic heterocycles. The van der Waals surface area contributed by atoms with Gasteiger partial charge >= 0.3 is 0 Å². The molecule has 0 amide bonds. The largest absolute Gasteiger partial charge is 0.377 e. The first-order valence-electron chi connectivity index (χ1n) is 8.87. The normalized spacial score (nSPS) is 31.5. The minimum Gasteiger partial charge on any atom is -0.377 e. The summed E-state index contributed by atoms with van der Waals surface area (Å²) in [5.41, 5.74) is 8.19. The van der Waals surface area contributed by atoms with Gasteiger partial charge in [0.1, 0.15) is 0 Å². The van der Waals surface area contributed by atoms with Gasteiger partial charge < -0.3 is 15.8 Å². The summed E-state index contributed by atoms with van der Waals surface area (Å²) in [4.78, 5) is 0. The fourth-order valence-electron chi connectivity index (χ4n) is 3.90. The Morgan fingerprint density at radius 2 is 1.96 bits per heavy atom. The predicted molar refractivity (Wildman–Crippen MR) is 91.1 cm³/mol. The van der Waals surface area contributed by atoms with Crippen LogP contribution in [0.5, 0.6) is 0 Å². The number of hydrogen-bond acceptors (Lipinski definition) is 4. The van der Waals surface area contributed by atoms with Crippen molar-refractivity contribution in [2.24, 2.45) is 5.73 Å². The lowest BCUT2D eigenvalue weighted by Gasteiger charge is -2.33. The Kier molecular flexibility index (Phi) is 5.66. The number of benzene rings is 1. The van der Waals surface area contributed by atoms with Crippen LogP contribution in [0.25, 0.3) is 0 Å². The van der Waals surface area contributed by atoms with E-state index in [1.54, 1.807) is 0 Å². The van der Waals surface area contributed by atoms with Gasteiger partial charge in [-0.3, -0.25) is 0 Å². The van der Waals surface area contributed by atoms with E-state index in [1.807, 2.05) is 18.2 Å². The monoisotopic (exact) mass is 313 g/mol. The summed E-state index contributed by atoms with van der Waals surface area (Å²) >= 11 is 0. The van der Waals surface area contributed by atoms with Crippen LogP contribution in [0.1, 0.15) is 55.6 Å². The van der Waals surface area contributed by atoms with Crippen LogP contribution in [0.4, 0.5) is 0 Å². The van der Waals surface area contributed by atoms with Crippen LogP contribution in [0.3, 0.4) is 0 Å². The van der Waals surface area contributed by atoms with Crippen LogP contribution in [0.2, 0.25) is 0 Å². The van der Waals surface area contributed by atoms with E-state index in [0.29, 0.717) is 18.1 Å². The van der Waals surface area contributed by atoms with E-state index >= 15 is 0 Å². The zero-order valence-electron chi connectivity index (χ0n) is 13.7. The van der Waals surface area contributed by atoms with Crippen molar-refractivity contribution < 1.29 is 4.74 Å². The van der Waals surface area contributed by atoms with Gasteiger partial charge in [0.2, 0.25) is 0 Å². The van der Waals surface area contributed by atoms with Crippen molar-refractivity contribution in [1.82, 2.24) is 5.32 Å². The summed E-state index contributed by atoms with van der Waals surface area (Å²) in [6.07, 6.45) is 6.97. The van der Waals surface area contributed by atoms with Gasteiger partial charge in [0.15, 0.2) is 0 Å².